The molecule has 0 radical (unpaired) electrons. The maximum Gasteiger partial charge on any atom is 0.188 e. The van der Waals surface area contributed by atoms with Crippen molar-refractivity contribution in [2.75, 3.05) is 40.5 Å². The van der Waals surface area contributed by atoms with Gasteiger partial charge in [-0.1, -0.05) is 24.6 Å². The summed E-state index contributed by atoms with van der Waals surface area (Å²) in [6.45, 7) is 5.41. The van der Waals surface area contributed by atoms with E-state index in [9.17, 15) is 0 Å². The van der Waals surface area contributed by atoms with Gasteiger partial charge in [0.05, 0.1) is 26.3 Å². The van der Waals surface area contributed by atoms with Crippen LogP contribution in [-0.2, 0) is 4.74 Å². The molecule has 1 heterocycles. The van der Waals surface area contributed by atoms with Crippen LogP contribution in [0.25, 0.3) is 0 Å². The van der Waals surface area contributed by atoms with Gasteiger partial charge in [-0.15, -0.1) is 0 Å². The van der Waals surface area contributed by atoms with E-state index in [1.54, 1.807) is 14.2 Å². The van der Waals surface area contributed by atoms with E-state index in [1.165, 1.54) is 24.8 Å². The summed E-state index contributed by atoms with van der Waals surface area (Å²) in [4.78, 5) is 7.10. The van der Waals surface area contributed by atoms with Gasteiger partial charge in [0.25, 0.3) is 0 Å². The first-order chi connectivity index (χ1) is 12.2. The summed E-state index contributed by atoms with van der Waals surface area (Å²) >= 11 is 0. The molecule has 140 valence electrons. The highest BCUT2D eigenvalue weighted by atomic mass is 16.5. The Labute approximate surface area is 151 Å². The van der Waals surface area contributed by atoms with Gasteiger partial charge in [0.15, 0.2) is 5.96 Å². The van der Waals surface area contributed by atoms with Crippen LogP contribution in [0, 0.1) is 0 Å². The maximum absolute atomic E-state index is 6.06. The first-order valence-electron chi connectivity index (χ1n) is 9.08. The summed E-state index contributed by atoms with van der Waals surface area (Å²) in [6, 6.07) is 8.51. The number of aliphatic imine (C=N–C) groups is 1. The van der Waals surface area contributed by atoms with Gasteiger partial charge in [0, 0.05) is 18.7 Å². The molecule has 1 saturated heterocycles. The fourth-order valence-electron chi connectivity index (χ4n) is 3.36. The van der Waals surface area contributed by atoms with Crippen LogP contribution in [0.5, 0.6) is 5.75 Å². The topological polar surface area (TPSA) is 72.1 Å². The molecule has 1 fully saturated rings. The number of hydrogen-bond donors (Lipinski definition) is 2. The fourth-order valence-corrected chi connectivity index (χ4v) is 3.36. The third kappa shape index (κ3) is 5.90. The molecule has 3 N–H and O–H groups in total. The predicted molar refractivity (Wildman–Crippen MR) is 102 cm³/mol. The van der Waals surface area contributed by atoms with Crippen molar-refractivity contribution in [3.05, 3.63) is 29.8 Å². The number of likely N-dealkylation sites (tertiary alicyclic amines) is 1. The standard InChI is InChI=1S/C19H32N4O2/c1-15(14-24-2)22-19(20)21-13-17(23-11-7-4-8-12-23)16-9-5-6-10-18(16)25-3/h5-6,9-10,15,17H,4,7-8,11-14H2,1-3H3,(H3,20,21,22). The molecule has 25 heavy (non-hydrogen) atoms. The lowest BCUT2D eigenvalue weighted by Crippen LogP contribution is -2.41. The van der Waals surface area contributed by atoms with Crippen molar-refractivity contribution in [1.82, 2.24) is 10.2 Å². The average molecular weight is 348 g/mol. The molecule has 2 atom stereocenters. The first kappa shape index (κ1) is 19.5. The molecule has 0 amide bonds. The van der Waals surface area contributed by atoms with Crippen LogP contribution in [0.1, 0.15) is 37.8 Å². The molecule has 2 unspecified atom stereocenters. The van der Waals surface area contributed by atoms with Gasteiger partial charge in [-0.2, -0.15) is 0 Å². The van der Waals surface area contributed by atoms with E-state index >= 15 is 0 Å². The van der Waals surface area contributed by atoms with Gasteiger partial charge in [-0.25, -0.2) is 0 Å². The lowest BCUT2D eigenvalue weighted by Gasteiger charge is -2.34. The van der Waals surface area contributed by atoms with Crippen LogP contribution in [0.2, 0.25) is 0 Å². The Morgan fingerprint density at radius 2 is 1.96 bits per heavy atom. The molecule has 6 heteroatoms. The summed E-state index contributed by atoms with van der Waals surface area (Å²) in [5, 5.41) is 3.17. The van der Waals surface area contributed by atoms with E-state index in [1.807, 2.05) is 19.1 Å². The van der Waals surface area contributed by atoms with Crippen molar-refractivity contribution < 1.29 is 9.47 Å². The second-order valence-electron chi connectivity index (χ2n) is 6.58. The third-order valence-electron chi connectivity index (χ3n) is 4.57. The highest BCUT2D eigenvalue weighted by molar-refractivity contribution is 5.78. The summed E-state index contributed by atoms with van der Waals surface area (Å²) in [5.74, 6) is 1.37. The molecule has 0 bridgehead atoms. The Bertz CT molecular complexity index is 544. The SMILES string of the molecule is COCC(C)NC(N)=NCC(c1ccccc1OC)N1CCCCC1. The van der Waals surface area contributed by atoms with E-state index in [0.29, 0.717) is 19.1 Å². The number of ether oxygens (including phenoxy) is 2. The average Bonchev–Trinajstić information content (AvgIpc) is 2.63. The number of piperidine rings is 1. The largest absolute Gasteiger partial charge is 0.496 e. The van der Waals surface area contributed by atoms with E-state index < -0.39 is 0 Å². The zero-order valence-electron chi connectivity index (χ0n) is 15.7. The number of methoxy groups -OCH3 is 2. The fraction of sp³-hybridized carbons (Fsp3) is 0.632. The normalized spacial score (nSPS) is 18.6. The third-order valence-corrected chi connectivity index (χ3v) is 4.57. The van der Waals surface area contributed by atoms with Crippen molar-refractivity contribution in [1.29, 1.82) is 0 Å². The number of rotatable bonds is 8. The van der Waals surface area contributed by atoms with Gasteiger partial charge in [-0.05, 0) is 38.9 Å². The molecule has 1 aliphatic rings. The van der Waals surface area contributed by atoms with E-state index in [4.69, 9.17) is 15.2 Å². The molecule has 0 aliphatic carbocycles. The molecule has 0 spiro atoms. The summed E-state index contributed by atoms with van der Waals surface area (Å²) in [6.07, 6.45) is 3.76. The number of nitrogens with zero attached hydrogens (tertiary/aromatic N) is 2. The van der Waals surface area contributed by atoms with Gasteiger partial charge < -0.3 is 20.5 Å². The highest BCUT2D eigenvalue weighted by Gasteiger charge is 2.24. The predicted octanol–water partition coefficient (Wildman–Crippen LogP) is 2.16. The summed E-state index contributed by atoms with van der Waals surface area (Å²) in [5.41, 5.74) is 7.24. The molecule has 2 rings (SSSR count). The number of guanidine groups is 1. The number of nitrogens with two attached hydrogens (primary N) is 1. The molecule has 1 aromatic carbocycles. The first-order valence-corrected chi connectivity index (χ1v) is 9.08. The Kier molecular flexibility index (Phi) is 8.01. The van der Waals surface area contributed by atoms with Gasteiger partial charge in [0.2, 0.25) is 0 Å². The van der Waals surface area contributed by atoms with E-state index in [0.717, 1.165) is 18.8 Å². The van der Waals surface area contributed by atoms with Crippen molar-refractivity contribution in [3.8, 4) is 5.75 Å². The zero-order chi connectivity index (χ0) is 18.1. The maximum atomic E-state index is 6.06. The van der Waals surface area contributed by atoms with Crippen molar-refractivity contribution in [2.24, 2.45) is 10.7 Å². The van der Waals surface area contributed by atoms with Crippen LogP contribution in [0.4, 0.5) is 0 Å². The summed E-state index contributed by atoms with van der Waals surface area (Å²) < 4.78 is 10.7. The van der Waals surface area contributed by atoms with E-state index in [-0.39, 0.29) is 12.1 Å². The minimum Gasteiger partial charge on any atom is -0.496 e. The molecular formula is C19H32N4O2. The quantitative estimate of drug-likeness (QED) is 0.556. The lowest BCUT2D eigenvalue weighted by atomic mass is 10.0. The molecule has 1 aliphatic heterocycles. The van der Waals surface area contributed by atoms with Gasteiger partial charge in [-0.3, -0.25) is 9.89 Å². The molecule has 0 saturated carbocycles. The van der Waals surface area contributed by atoms with Crippen molar-refractivity contribution in [3.63, 3.8) is 0 Å². The number of hydrogen-bond acceptors (Lipinski definition) is 4. The second kappa shape index (κ2) is 10.3. The molecule has 1 aromatic rings. The van der Waals surface area contributed by atoms with Gasteiger partial charge >= 0.3 is 0 Å². The Morgan fingerprint density at radius 3 is 2.64 bits per heavy atom. The van der Waals surface area contributed by atoms with Crippen LogP contribution in [-0.4, -0.2) is 57.4 Å². The minimum absolute atomic E-state index is 0.133. The number of benzene rings is 1. The van der Waals surface area contributed by atoms with Crippen molar-refractivity contribution >= 4 is 5.96 Å². The Morgan fingerprint density at radius 1 is 1.24 bits per heavy atom. The Balaban J connectivity index is 2.14. The smallest absolute Gasteiger partial charge is 0.188 e. The monoisotopic (exact) mass is 348 g/mol. The zero-order valence-corrected chi connectivity index (χ0v) is 15.7. The van der Waals surface area contributed by atoms with Gasteiger partial charge in [0.1, 0.15) is 5.75 Å². The lowest BCUT2D eigenvalue weighted by molar-refractivity contribution is 0.165. The Hall–Kier alpha value is -1.79. The molecule has 0 aromatic heterocycles. The highest BCUT2D eigenvalue weighted by Crippen LogP contribution is 2.31. The number of para-hydroxylation sites is 1. The van der Waals surface area contributed by atoms with E-state index in [2.05, 4.69) is 27.3 Å². The number of nitrogens with one attached hydrogen (secondary N) is 1. The molecular weight excluding hydrogens is 316 g/mol. The minimum atomic E-state index is 0.133. The van der Waals surface area contributed by atoms with Crippen LogP contribution >= 0.6 is 0 Å². The summed E-state index contributed by atoms with van der Waals surface area (Å²) in [7, 11) is 3.40. The van der Waals surface area contributed by atoms with Crippen LogP contribution < -0.4 is 15.8 Å². The molecule has 6 nitrogen and oxygen atoms in total. The van der Waals surface area contributed by atoms with Crippen LogP contribution in [0.15, 0.2) is 29.3 Å². The van der Waals surface area contributed by atoms with Crippen LogP contribution in [0.3, 0.4) is 0 Å². The van der Waals surface area contributed by atoms with Crippen molar-refractivity contribution in [2.45, 2.75) is 38.3 Å². The second-order valence-corrected chi connectivity index (χ2v) is 6.58.